The van der Waals surface area contributed by atoms with E-state index in [2.05, 4.69) is 4.98 Å². The number of para-hydroxylation sites is 1. The van der Waals surface area contributed by atoms with Crippen molar-refractivity contribution in [2.75, 3.05) is 5.73 Å². The molecule has 0 unspecified atom stereocenters. The Morgan fingerprint density at radius 1 is 1.47 bits per heavy atom. The first-order valence-corrected chi connectivity index (χ1v) is 4.48. The van der Waals surface area contributed by atoms with Crippen LogP contribution in [-0.4, -0.2) is 16.1 Å². The number of carbonyl (C=O) groups is 1. The summed E-state index contributed by atoms with van der Waals surface area (Å²) >= 11 is 0. The second-order valence-electron chi connectivity index (χ2n) is 3.37. The van der Waals surface area contributed by atoms with E-state index < -0.39 is 5.97 Å². The Hall–Kier alpha value is -2.10. The minimum atomic E-state index is -1.05. The lowest BCUT2D eigenvalue weighted by Gasteiger charge is -2.05. The van der Waals surface area contributed by atoms with Crippen LogP contribution >= 0.6 is 0 Å². The number of rotatable bonds is 1. The molecule has 0 aliphatic heterocycles. The summed E-state index contributed by atoms with van der Waals surface area (Å²) < 4.78 is 0. The number of carboxylic acids is 1. The molecule has 76 valence electrons. The molecule has 0 spiro atoms. The summed E-state index contributed by atoms with van der Waals surface area (Å²) in [5.41, 5.74) is 7.35. The van der Waals surface area contributed by atoms with E-state index in [0.717, 1.165) is 16.5 Å². The highest BCUT2D eigenvalue weighted by Gasteiger charge is 2.11. The van der Waals surface area contributed by atoms with Gasteiger partial charge in [-0.15, -0.1) is 0 Å². The van der Waals surface area contributed by atoms with Gasteiger partial charge in [0.05, 0.1) is 5.52 Å². The molecule has 3 N–H and O–H groups in total. The number of aryl methyl sites for hydroxylation is 1. The van der Waals surface area contributed by atoms with Crippen molar-refractivity contribution in [1.29, 1.82) is 0 Å². The summed E-state index contributed by atoms with van der Waals surface area (Å²) in [5, 5.41) is 9.67. The highest BCUT2D eigenvalue weighted by Crippen LogP contribution is 2.20. The van der Waals surface area contributed by atoms with Gasteiger partial charge in [-0.25, -0.2) is 9.78 Å². The van der Waals surface area contributed by atoms with Crippen LogP contribution in [0, 0.1) is 6.92 Å². The summed E-state index contributed by atoms with van der Waals surface area (Å²) in [4.78, 5) is 14.9. The van der Waals surface area contributed by atoms with Crippen LogP contribution in [0.25, 0.3) is 10.9 Å². The highest BCUT2D eigenvalue weighted by molar-refractivity contribution is 5.98. The summed E-state index contributed by atoms with van der Waals surface area (Å²) in [6, 6.07) is 7.14. The molecule has 2 aromatic rings. The van der Waals surface area contributed by atoms with Crippen LogP contribution in [0.2, 0.25) is 0 Å². The van der Waals surface area contributed by atoms with E-state index in [1.165, 1.54) is 0 Å². The lowest BCUT2D eigenvalue weighted by Crippen LogP contribution is -2.04. The third-order valence-corrected chi connectivity index (χ3v) is 2.31. The predicted molar refractivity (Wildman–Crippen MR) is 57.9 cm³/mol. The molecule has 0 saturated heterocycles. The molecule has 1 aromatic carbocycles. The number of fused-ring (bicyclic) bond motifs is 1. The molecule has 0 amide bonds. The first-order chi connectivity index (χ1) is 7.09. The van der Waals surface area contributed by atoms with E-state index >= 15 is 0 Å². The summed E-state index contributed by atoms with van der Waals surface area (Å²) in [6.45, 7) is 1.91. The topological polar surface area (TPSA) is 76.2 Å². The highest BCUT2D eigenvalue weighted by atomic mass is 16.4. The molecule has 0 atom stereocenters. The van der Waals surface area contributed by atoms with Gasteiger partial charge in [-0.1, -0.05) is 18.2 Å². The smallest absolute Gasteiger partial charge is 0.339 e. The van der Waals surface area contributed by atoms with Crippen molar-refractivity contribution in [2.24, 2.45) is 0 Å². The summed E-state index contributed by atoms with van der Waals surface area (Å²) in [7, 11) is 0. The lowest BCUT2D eigenvalue weighted by atomic mass is 10.1. The number of hydrogen-bond donors (Lipinski definition) is 2. The second kappa shape index (κ2) is 3.24. The number of aromatic carboxylic acids is 1. The van der Waals surface area contributed by atoms with Gasteiger partial charge in [-0.3, -0.25) is 0 Å². The van der Waals surface area contributed by atoms with Gasteiger partial charge in [0, 0.05) is 5.39 Å². The molecule has 0 fully saturated rings. The predicted octanol–water partition coefficient (Wildman–Crippen LogP) is 1.82. The van der Waals surface area contributed by atoms with E-state index in [-0.39, 0.29) is 11.4 Å². The van der Waals surface area contributed by atoms with Gasteiger partial charge in [0.15, 0.2) is 0 Å². The number of nitrogens with two attached hydrogens (primary N) is 1. The molecule has 0 radical (unpaired) electrons. The van der Waals surface area contributed by atoms with Crippen molar-refractivity contribution < 1.29 is 9.90 Å². The summed E-state index contributed by atoms with van der Waals surface area (Å²) in [6.07, 6.45) is 0. The van der Waals surface area contributed by atoms with Crippen molar-refractivity contribution in [2.45, 2.75) is 6.92 Å². The third-order valence-electron chi connectivity index (χ3n) is 2.31. The van der Waals surface area contributed by atoms with Gasteiger partial charge in [-0.2, -0.15) is 0 Å². The van der Waals surface area contributed by atoms with Gasteiger partial charge in [-0.05, 0) is 18.6 Å². The first kappa shape index (κ1) is 9.45. The van der Waals surface area contributed by atoms with Crippen LogP contribution < -0.4 is 5.73 Å². The Morgan fingerprint density at radius 2 is 2.20 bits per heavy atom. The number of anilines is 1. The number of hydrogen-bond acceptors (Lipinski definition) is 3. The molecule has 2 rings (SSSR count). The van der Waals surface area contributed by atoms with Crippen molar-refractivity contribution >= 4 is 22.7 Å². The maximum Gasteiger partial charge on any atom is 0.339 e. The maximum atomic E-state index is 10.8. The van der Waals surface area contributed by atoms with Gasteiger partial charge in [0.25, 0.3) is 0 Å². The lowest BCUT2D eigenvalue weighted by molar-refractivity contribution is 0.0698. The fraction of sp³-hybridized carbons (Fsp3) is 0.0909. The van der Waals surface area contributed by atoms with Crippen LogP contribution in [0.1, 0.15) is 15.9 Å². The Labute approximate surface area is 86.4 Å². The number of carboxylic acid groups (broad SMARTS) is 1. The second-order valence-corrected chi connectivity index (χ2v) is 3.37. The summed E-state index contributed by atoms with van der Waals surface area (Å²) in [5.74, 6) is -0.993. The molecular weight excluding hydrogens is 192 g/mol. The van der Waals surface area contributed by atoms with Crippen LogP contribution in [0.15, 0.2) is 24.3 Å². The minimum absolute atomic E-state index is 0.0492. The van der Waals surface area contributed by atoms with Crippen molar-refractivity contribution in [3.05, 3.63) is 35.4 Å². The van der Waals surface area contributed by atoms with Crippen molar-refractivity contribution in [3.63, 3.8) is 0 Å². The Morgan fingerprint density at radius 3 is 2.87 bits per heavy atom. The SMILES string of the molecule is Cc1cccc2cc(C(=O)O)c(N)nc12. The molecule has 1 heterocycles. The molecule has 1 aromatic heterocycles. The first-order valence-electron chi connectivity index (χ1n) is 4.48. The molecule has 4 heteroatoms. The van der Waals surface area contributed by atoms with Crippen molar-refractivity contribution in [3.8, 4) is 0 Å². The van der Waals surface area contributed by atoms with Gasteiger partial charge < -0.3 is 10.8 Å². The number of nitrogens with zero attached hydrogens (tertiary/aromatic N) is 1. The molecular formula is C11H10N2O2. The largest absolute Gasteiger partial charge is 0.478 e. The number of aromatic nitrogens is 1. The van der Waals surface area contributed by atoms with E-state index in [1.807, 2.05) is 25.1 Å². The third kappa shape index (κ3) is 1.50. The molecule has 4 nitrogen and oxygen atoms in total. The minimum Gasteiger partial charge on any atom is -0.478 e. The van der Waals surface area contributed by atoms with E-state index in [0.29, 0.717) is 0 Å². The zero-order valence-corrected chi connectivity index (χ0v) is 8.19. The molecule has 0 bridgehead atoms. The van der Waals surface area contributed by atoms with Crippen LogP contribution in [-0.2, 0) is 0 Å². The van der Waals surface area contributed by atoms with Crippen LogP contribution in [0.4, 0.5) is 5.82 Å². The fourth-order valence-corrected chi connectivity index (χ4v) is 1.53. The molecule has 0 saturated carbocycles. The Bertz CT molecular complexity index is 550. The number of pyridine rings is 1. The van der Waals surface area contributed by atoms with E-state index in [1.54, 1.807) is 6.07 Å². The monoisotopic (exact) mass is 202 g/mol. The maximum absolute atomic E-state index is 10.8. The van der Waals surface area contributed by atoms with Crippen LogP contribution in [0.5, 0.6) is 0 Å². The quantitative estimate of drug-likeness (QED) is 0.739. The molecule has 15 heavy (non-hydrogen) atoms. The number of benzene rings is 1. The number of nitrogen functional groups attached to an aromatic ring is 1. The molecule has 0 aliphatic carbocycles. The zero-order valence-electron chi connectivity index (χ0n) is 8.19. The van der Waals surface area contributed by atoms with Gasteiger partial charge in [0.2, 0.25) is 0 Å². The average Bonchev–Trinajstić information content (AvgIpc) is 2.18. The van der Waals surface area contributed by atoms with Crippen molar-refractivity contribution in [1.82, 2.24) is 4.98 Å². The van der Waals surface area contributed by atoms with Crippen LogP contribution in [0.3, 0.4) is 0 Å². The standard InChI is InChI=1S/C11H10N2O2/c1-6-3-2-4-7-5-8(11(14)15)10(12)13-9(6)7/h2-5H,1H3,(H2,12,13)(H,14,15). The molecule has 0 aliphatic rings. The normalized spacial score (nSPS) is 10.5. The van der Waals surface area contributed by atoms with Gasteiger partial charge in [0.1, 0.15) is 11.4 Å². The average molecular weight is 202 g/mol. The van der Waals surface area contributed by atoms with E-state index in [9.17, 15) is 4.79 Å². The fourth-order valence-electron chi connectivity index (χ4n) is 1.53. The van der Waals surface area contributed by atoms with Gasteiger partial charge >= 0.3 is 5.97 Å². The van der Waals surface area contributed by atoms with E-state index in [4.69, 9.17) is 10.8 Å². The zero-order chi connectivity index (χ0) is 11.0. The Balaban J connectivity index is 2.82. The Kier molecular flexibility index (Phi) is 2.04.